The zero-order chi connectivity index (χ0) is 17.2. The number of amides is 1. The average molecular weight is 355 g/mol. The highest BCUT2D eigenvalue weighted by molar-refractivity contribution is 8.00. The number of thioether (sulfide) groups is 1. The molecule has 1 aromatic carbocycles. The Morgan fingerprint density at radius 1 is 1.20 bits per heavy atom. The van der Waals surface area contributed by atoms with Crippen molar-refractivity contribution in [2.45, 2.75) is 30.4 Å². The van der Waals surface area contributed by atoms with Crippen molar-refractivity contribution in [1.29, 1.82) is 0 Å². The lowest BCUT2D eigenvalue weighted by molar-refractivity contribution is -0.131. The standard InChI is InChI=1S/C18H17N3O3S/c1-12(25-18-20-19-16(24-18)15-7-4-10-23-15)17(22)21-9-8-13-5-2-3-6-14(13)11-21/h2-7,10,12H,8-9,11H2,1H3/t12-/m1/s1. The molecule has 0 spiro atoms. The van der Waals surface area contributed by atoms with Gasteiger partial charge in [-0.1, -0.05) is 36.0 Å². The van der Waals surface area contributed by atoms with Crippen LogP contribution in [-0.4, -0.2) is 32.8 Å². The number of aromatic nitrogens is 2. The molecule has 1 aliphatic rings. The Kier molecular flexibility index (Phi) is 4.31. The van der Waals surface area contributed by atoms with Crippen LogP contribution in [0.15, 0.2) is 56.7 Å². The molecule has 0 saturated carbocycles. The minimum atomic E-state index is -0.296. The molecule has 128 valence electrons. The van der Waals surface area contributed by atoms with E-state index in [0.717, 1.165) is 13.0 Å². The van der Waals surface area contributed by atoms with Gasteiger partial charge in [-0.15, -0.1) is 10.2 Å². The molecule has 0 saturated heterocycles. The minimum absolute atomic E-state index is 0.0808. The second-order valence-corrected chi connectivity index (χ2v) is 7.18. The van der Waals surface area contributed by atoms with Gasteiger partial charge in [-0.2, -0.15) is 0 Å². The molecule has 0 radical (unpaired) electrons. The fourth-order valence-corrected chi connectivity index (χ4v) is 3.67. The van der Waals surface area contributed by atoms with Crippen molar-refractivity contribution in [3.63, 3.8) is 0 Å². The first-order chi connectivity index (χ1) is 12.2. The van der Waals surface area contributed by atoms with E-state index < -0.39 is 0 Å². The quantitative estimate of drug-likeness (QED) is 0.668. The molecule has 3 aromatic rings. The van der Waals surface area contributed by atoms with Crippen LogP contribution in [0.1, 0.15) is 18.1 Å². The molecule has 2 aromatic heterocycles. The van der Waals surface area contributed by atoms with Gasteiger partial charge < -0.3 is 13.7 Å². The van der Waals surface area contributed by atoms with Crippen LogP contribution < -0.4 is 0 Å². The number of carbonyl (C=O) groups is 1. The zero-order valence-electron chi connectivity index (χ0n) is 13.7. The lowest BCUT2D eigenvalue weighted by Gasteiger charge is -2.30. The SMILES string of the molecule is C[C@@H](Sc1nnc(-c2ccco2)o1)C(=O)N1CCc2ccccc2C1. The van der Waals surface area contributed by atoms with E-state index in [1.54, 1.807) is 18.4 Å². The van der Waals surface area contributed by atoms with Crippen LogP contribution in [0.25, 0.3) is 11.7 Å². The molecule has 25 heavy (non-hydrogen) atoms. The predicted molar refractivity (Wildman–Crippen MR) is 92.9 cm³/mol. The summed E-state index contributed by atoms with van der Waals surface area (Å²) in [5, 5.41) is 8.02. The summed E-state index contributed by atoms with van der Waals surface area (Å²) in [4.78, 5) is 14.6. The lowest BCUT2D eigenvalue weighted by atomic mass is 10.00. The summed E-state index contributed by atoms with van der Waals surface area (Å²) in [5.74, 6) is 0.919. The third-order valence-corrected chi connectivity index (χ3v) is 5.13. The third-order valence-electron chi connectivity index (χ3n) is 4.21. The molecule has 0 fully saturated rings. The van der Waals surface area contributed by atoms with E-state index in [9.17, 15) is 4.79 Å². The number of rotatable bonds is 4. The van der Waals surface area contributed by atoms with E-state index in [1.165, 1.54) is 22.9 Å². The van der Waals surface area contributed by atoms with Crippen LogP contribution in [-0.2, 0) is 17.8 Å². The Hall–Kier alpha value is -2.54. The maximum atomic E-state index is 12.7. The van der Waals surface area contributed by atoms with Gasteiger partial charge in [-0.05, 0) is 36.6 Å². The van der Waals surface area contributed by atoms with Crippen LogP contribution in [0.3, 0.4) is 0 Å². The Bertz CT molecular complexity index is 875. The highest BCUT2D eigenvalue weighted by atomic mass is 32.2. The van der Waals surface area contributed by atoms with Gasteiger partial charge in [0.1, 0.15) is 0 Å². The number of hydrogen-bond acceptors (Lipinski definition) is 6. The second kappa shape index (κ2) is 6.76. The maximum absolute atomic E-state index is 12.7. The average Bonchev–Trinajstić information content (AvgIpc) is 3.32. The summed E-state index contributed by atoms with van der Waals surface area (Å²) < 4.78 is 10.8. The van der Waals surface area contributed by atoms with Crippen molar-refractivity contribution in [3.8, 4) is 11.7 Å². The van der Waals surface area contributed by atoms with Crippen molar-refractivity contribution < 1.29 is 13.6 Å². The van der Waals surface area contributed by atoms with Crippen LogP contribution in [0, 0.1) is 0 Å². The van der Waals surface area contributed by atoms with E-state index in [2.05, 4.69) is 22.3 Å². The molecular weight excluding hydrogens is 338 g/mol. The normalized spacial score (nSPS) is 15.0. The summed E-state index contributed by atoms with van der Waals surface area (Å²) in [6.45, 7) is 3.26. The summed E-state index contributed by atoms with van der Waals surface area (Å²) in [7, 11) is 0. The van der Waals surface area contributed by atoms with Crippen molar-refractivity contribution >= 4 is 17.7 Å². The molecule has 3 heterocycles. The van der Waals surface area contributed by atoms with E-state index in [1.807, 2.05) is 24.0 Å². The first-order valence-corrected chi connectivity index (χ1v) is 8.98. The largest absolute Gasteiger partial charge is 0.459 e. The van der Waals surface area contributed by atoms with Gasteiger partial charge in [0.2, 0.25) is 5.91 Å². The first-order valence-electron chi connectivity index (χ1n) is 8.10. The molecule has 1 atom stereocenters. The van der Waals surface area contributed by atoms with Crippen molar-refractivity contribution in [2.75, 3.05) is 6.54 Å². The van der Waals surface area contributed by atoms with Gasteiger partial charge in [0, 0.05) is 13.1 Å². The zero-order valence-corrected chi connectivity index (χ0v) is 14.5. The number of benzene rings is 1. The smallest absolute Gasteiger partial charge is 0.284 e. The number of nitrogens with zero attached hydrogens (tertiary/aromatic N) is 3. The highest BCUT2D eigenvalue weighted by Crippen LogP contribution is 2.28. The monoisotopic (exact) mass is 355 g/mol. The summed E-state index contributed by atoms with van der Waals surface area (Å²) >= 11 is 1.27. The summed E-state index contributed by atoms with van der Waals surface area (Å²) in [6, 6.07) is 11.8. The fraction of sp³-hybridized carbons (Fsp3) is 0.278. The minimum Gasteiger partial charge on any atom is -0.459 e. The Labute approximate surface area is 149 Å². The van der Waals surface area contributed by atoms with Crippen LogP contribution in [0.4, 0.5) is 0 Å². The molecule has 0 aliphatic carbocycles. The van der Waals surface area contributed by atoms with E-state index >= 15 is 0 Å². The molecule has 6 nitrogen and oxygen atoms in total. The fourth-order valence-electron chi connectivity index (χ4n) is 2.90. The topological polar surface area (TPSA) is 72.4 Å². The molecular formula is C18H17N3O3S. The number of fused-ring (bicyclic) bond motifs is 1. The highest BCUT2D eigenvalue weighted by Gasteiger charge is 2.26. The number of hydrogen-bond donors (Lipinski definition) is 0. The maximum Gasteiger partial charge on any atom is 0.284 e. The molecule has 7 heteroatoms. The van der Waals surface area contributed by atoms with E-state index in [0.29, 0.717) is 23.4 Å². The Balaban J connectivity index is 1.41. The van der Waals surface area contributed by atoms with Gasteiger partial charge in [0.05, 0.1) is 11.5 Å². The van der Waals surface area contributed by atoms with Crippen molar-refractivity contribution in [1.82, 2.24) is 15.1 Å². The van der Waals surface area contributed by atoms with Crippen LogP contribution in [0.5, 0.6) is 0 Å². The van der Waals surface area contributed by atoms with Crippen LogP contribution >= 0.6 is 11.8 Å². The Morgan fingerprint density at radius 3 is 2.84 bits per heavy atom. The van der Waals surface area contributed by atoms with Crippen molar-refractivity contribution in [2.24, 2.45) is 0 Å². The molecule has 0 bridgehead atoms. The summed E-state index contributed by atoms with van der Waals surface area (Å²) in [6.07, 6.45) is 2.44. The number of carbonyl (C=O) groups excluding carboxylic acids is 1. The van der Waals surface area contributed by atoms with E-state index in [4.69, 9.17) is 8.83 Å². The molecule has 0 unspecified atom stereocenters. The predicted octanol–water partition coefficient (Wildman–Crippen LogP) is 3.40. The van der Waals surface area contributed by atoms with Gasteiger partial charge in [-0.25, -0.2) is 0 Å². The van der Waals surface area contributed by atoms with Gasteiger partial charge in [0.15, 0.2) is 5.76 Å². The number of furan rings is 1. The van der Waals surface area contributed by atoms with Crippen molar-refractivity contribution in [3.05, 3.63) is 53.8 Å². The lowest BCUT2D eigenvalue weighted by Crippen LogP contribution is -2.40. The van der Waals surface area contributed by atoms with E-state index in [-0.39, 0.29) is 11.2 Å². The summed E-state index contributed by atoms with van der Waals surface area (Å²) in [5.41, 5.74) is 2.55. The van der Waals surface area contributed by atoms with Gasteiger partial charge in [-0.3, -0.25) is 4.79 Å². The van der Waals surface area contributed by atoms with Gasteiger partial charge in [0.25, 0.3) is 11.1 Å². The van der Waals surface area contributed by atoms with Crippen LogP contribution in [0.2, 0.25) is 0 Å². The molecule has 4 rings (SSSR count). The molecule has 0 N–H and O–H groups in total. The molecule has 1 aliphatic heterocycles. The second-order valence-electron chi connectivity index (χ2n) is 5.89. The first kappa shape index (κ1) is 16.0. The third kappa shape index (κ3) is 3.32. The molecule has 1 amide bonds. The Morgan fingerprint density at radius 2 is 2.04 bits per heavy atom. The van der Waals surface area contributed by atoms with Gasteiger partial charge >= 0.3 is 0 Å².